The lowest BCUT2D eigenvalue weighted by atomic mass is 10.0. The minimum atomic E-state index is -3.97. The molecule has 27 heavy (non-hydrogen) atoms. The Morgan fingerprint density at radius 1 is 1.07 bits per heavy atom. The minimum Gasteiger partial charge on any atom is -0.332 e. The second-order valence-corrected chi connectivity index (χ2v) is 8.79. The second kappa shape index (κ2) is 7.05. The Kier molecular flexibility index (Phi) is 4.74. The van der Waals surface area contributed by atoms with Gasteiger partial charge in [0.1, 0.15) is 10.7 Å². The lowest BCUT2D eigenvalue weighted by molar-refractivity contribution is 0.0735. The number of carbonyl (C=O) groups is 1. The van der Waals surface area contributed by atoms with Crippen LogP contribution >= 0.6 is 0 Å². The zero-order valence-electron chi connectivity index (χ0n) is 14.8. The van der Waals surface area contributed by atoms with Crippen LogP contribution in [0.1, 0.15) is 47.6 Å². The number of hydrogen-bond acceptors (Lipinski definition) is 3. The van der Waals surface area contributed by atoms with Gasteiger partial charge in [0.25, 0.3) is 5.91 Å². The van der Waals surface area contributed by atoms with Gasteiger partial charge in [0, 0.05) is 18.2 Å². The van der Waals surface area contributed by atoms with Crippen molar-refractivity contribution in [3.05, 3.63) is 65.5 Å². The molecule has 2 aliphatic rings. The quantitative estimate of drug-likeness (QED) is 0.855. The number of carbonyl (C=O) groups excluding carboxylic acids is 1. The molecule has 4 rings (SSSR count). The summed E-state index contributed by atoms with van der Waals surface area (Å²) in [5.41, 5.74) is 1.24. The molecular weight excluding hydrogens is 367 g/mol. The van der Waals surface area contributed by atoms with E-state index in [0.717, 1.165) is 43.4 Å². The minimum absolute atomic E-state index is 0.0478. The van der Waals surface area contributed by atoms with Gasteiger partial charge in [-0.1, -0.05) is 30.3 Å². The van der Waals surface area contributed by atoms with Gasteiger partial charge in [0.05, 0.1) is 6.04 Å². The van der Waals surface area contributed by atoms with Gasteiger partial charge < -0.3 is 4.90 Å². The molecule has 1 atom stereocenters. The molecule has 2 aromatic rings. The zero-order valence-corrected chi connectivity index (χ0v) is 15.6. The smallest absolute Gasteiger partial charge is 0.254 e. The first-order chi connectivity index (χ1) is 13.0. The Morgan fingerprint density at radius 2 is 1.81 bits per heavy atom. The van der Waals surface area contributed by atoms with E-state index >= 15 is 0 Å². The summed E-state index contributed by atoms with van der Waals surface area (Å²) in [7, 11) is -3.97. The molecule has 1 aliphatic heterocycles. The largest absolute Gasteiger partial charge is 0.332 e. The maximum Gasteiger partial charge on any atom is 0.254 e. The number of hydrogen-bond donors (Lipinski definition) is 1. The lowest BCUT2D eigenvalue weighted by Crippen LogP contribution is -2.31. The first kappa shape index (κ1) is 18.1. The first-order valence-corrected chi connectivity index (χ1v) is 10.6. The van der Waals surface area contributed by atoms with Crippen molar-refractivity contribution < 1.29 is 17.6 Å². The van der Waals surface area contributed by atoms with Gasteiger partial charge >= 0.3 is 0 Å². The van der Waals surface area contributed by atoms with Crippen LogP contribution in [-0.4, -0.2) is 31.8 Å². The van der Waals surface area contributed by atoms with Crippen LogP contribution in [0, 0.1) is 5.82 Å². The molecular formula is C20H21FN2O3S. The van der Waals surface area contributed by atoms with Crippen molar-refractivity contribution in [2.75, 3.05) is 6.54 Å². The molecule has 0 bridgehead atoms. The van der Waals surface area contributed by atoms with Crippen LogP contribution in [-0.2, 0) is 10.0 Å². The van der Waals surface area contributed by atoms with E-state index < -0.39 is 20.7 Å². The Labute approximate surface area is 158 Å². The van der Waals surface area contributed by atoms with Crippen molar-refractivity contribution in [2.24, 2.45) is 0 Å². The number of benzene rings is 2. The molecule has 1 heterocycles. The van der Waals surface area contributed by atoms with Gasteiger partial charge in [-0.25, -0.2) is 17.5 Å². The van der Waals surface area contributed by atoms with Crippen LogP contribution in [0.4, 0.5) is 4.39 Å². The summed E-state index contributed by atoms with van der Waals surface area (Å²) in [6.45, 7) is 0.595. The summed E-state index contributed by atoms with van der Waals surface area (Å²) in [4.78, 5) is 14.3. The zero-order chi connectivity index (χ0) is 19.0. The van der Waals surface area contributed by atoms with E-state index in [9.17, 15) is 17.6 Å². The highest BCUT2D eigenvalue weighted by Crippen LogP contribution is 2.33. The molecule has 0 aromatic heterocycles. The number of nitrogens with one attached hydrogen (secondary N) is 1. The van der Waals surface area contributed by atoms with Crippen LogP contribution in [0.5, 0.6) is 0 Å². The predicted molar refractivity (Wildman–Crippen MR) is 99.2 cm³/mol. The normalized spacial score (nSPS) is 20.0. The standard InChI is InChI=1S/C20H21FN2O3S/c21-17-11-8-15(13-19(17)27(25,26)22-16-9-10-16)20(24)23-12-4-7-18(23)14-5-2-1-3-6-14/h1-3,5-6,8,11,13,16,18,22H,4,7,9-10,12H2. The van der Waals surface area contributed by atoms with Gasteiger partial charge in [-0.3, -0.25) is 4.79 Å². The van der Waals surface area contributed by atoms with Crippen LogP contribution in [0.25, 0.3) is 0 Å². The molecule has 1 unspecified atom stereocenters. The fraction of sp³-hybridized carbons (Fsp3) is 0.350. The van der Waals surface area contributed by atoms with Crippen LogP contribution < -0.4 is 4.72 Å². The third-order valence-electron chi connectivity index (χ3n) is 5.06. The topological polar surface area (TPSA) is 66.5 Å². The fourth-order valence-corrected chi connectivity index (χ4v) is 4.93. The molecule has 1 amide bonds. The third kappa shape index (κ3) is 3.75. The Hall–Kier alpha value is -2.25. The Balaban J connectivity index is 1.63. The van der Waals surface area contributed by atoms with E-state index in [0.29, 0.717) is 6.54 Å². The molecule has 1 saturated heterocycles. The molecule has 0 radical (unpaired) electrons. The molecule has 142 valence electrons. The number of halogens is 1. The summed E-state index contributed by atoms with van der Waals surface area (Å²) in [6.07, 6.45) is 3.24. The molecule has 1 saturated carbocycles. The summed E-state index contributed by atoms with van der Waals surface area (Å²) in [5.74, 6) is -1.12. The van der Waals surface area contributed by atoms with Crippen LogP contribution in [0.2, 0.25) is 0 Å². The lowest BCUT2D eigenvalue weighted by Gasteiger charge is -2.25. The maximum atomic E-state index is 14.2. The van der Waals surface area contributed by atoms with Crippen molar-refractivity contribution in [1.82, 2.24) is 9.62 Å². The van der Waals surface area contributed by atoms with Gasteiger partial charge in [-0.2, -0.15) is 0 Å². The maximum absolute atomic E-state index is 14.2. The second-order valence-electron chi connectivity index (χ2n) is 7.11. The fourth-order valence-electron chi connectivity index (χ4n) is 3.52. The van der Waals surface area contributed by atoms with Crippen LogP contribution in [0.3, 0.4) is 0 Å². The first-order valence-electron chi connectivity index (χ1n) is 9.13. The highest BCUT2D eigenvalue weighted by atomic mass is 32.2. The molecule has 0 spiro atoms. The van der Waals surface area contributed by atoms with E-state index in [-0.39, 0.29) is 23.6 Å². The van der Waals surface area contributed by atoms with Crippen molar-refractivity contribution in [1.29, 1.82) is 0 Å². The number of nitrogens with zero attached hydrogens (tertiary/aromatic N) is 1. The van der Waals surface area contributed by atoms with Crippen molar-refractivity contribution in [3.8, 4) is 0 Å². The molecule has 1 N–H and O–H groups in total. The van der Waals surface area contributed by atoms with Gasteiger partial charge in [-0.15, -0.1) is 0 Å². The summed E-state index contributed by atoms with van der Waals surface area (Å²) >= 11 is 0. The number of amides is 1. The van der Waals surface area contributed by atoms with E-state index in [2.05, 4.69) is 4.72 Å². The molecule has 1 aliphatic carbocycles. The average Bonchev–Trinajstić information content (AvgIpc) is 3.32. The summed E-state index contributed by atoms with van der Waals surface area (Å²) < 4.78 is 41.5. The number of likely N-dealkylation sites (tertiary alicyclic amines) is 1. The number of sulfonamides is 1. The highest BCUT2D eigenvalue weighted by molar-refractivity contribution is 7.89. The molecule has 2 fully saturated rings. The molecule has 2 aromatic carbocycles. The third-order valence-corrected chi connectivity index (χ3v) is 6.60. The SMILES string of the molecule is O=C(c1ccc(F)c(S(=O)(=O)NC2CC2)c1)N1CCCC1c1ccccc1. The Morgan fingerprint density at radius 3 is 2.52 bits per heavy atom. The molecule has 5 nitrogen and oxygen atoms in total. The van der Waals surface area contributed by atoms with E-state index in [4.69, 9.17) is 0 Å². The van der Waals surface area contributed by atoms with E-state index in [1.807, 2.05) is 30.3 Å². The summed E-state index contributed by atoms with van der Waals surface area (Å²) in [5, 5.41) is 0. The van der Waals surface area contributed by atoms with Gasteiger partial charge in [0.15, 0.2) is 0 Å². The summed E-state index contributed by atoms with van der Waals surface area (Å²) in [6, 6.07) is 13.1. The van der Waals surface area contributed by atoms with Crippen molar-refractivity contribution in [3.63, 3.8) is 0 Å². The monoisotopic (exact) mass is 388 g/mol. The van der Waals surface area contributed by atoms with Crippen molar-refractivity contribution in [2.45, 2.75) is 42.7 Å². The van der Waals surface area contributed by atoms with Gasteiger partial charge in [-0.05, 0) is 49.4 Å². The van der Waals surface area contributed by atoms with Gasteiger partial charge in [0.2, 0.25) is 10.0 Å². The van der Waals surface area contributed by atoms with E-state index in [1.165, 1.54) is 6.07 Å². The number of rotatable bonds is 5. The predicted octanol–water partition coefficient (Wildman–Crippen LogP) is 3.24. The highest BCUT2D eigenvalue weighted by Gasteiger charge is 2.33. The van der Waals surface area contributed by atoms with Crippen LogP contribution in [0.15, 0.2) is 53.4 Å². The Bertz CT molecular complexity index is 958. The van der Waals surface area contributed by atoms with E-state index in [1.54, 1.807) is 4.90 Å². The molecule has 7 heteroatoms. The van der Waals surface area contributed by atoms with Crippen molar-refractivity contribution >= 4 is 15.9 Å². The average molecular weight is 388 g/mol.